The SMILES string of the molecule is Cc1cccc2snc(C(N)CCN)c12. The number of rotatable bonds is 3. The van der Waals surface area contributed by atoms with Crippen molar-refractivity contribution in [3.63, 3.8) is 0 Å². The summed E-state index contributed by atoms with van der Waals surface area (Å²) in [5.41, 5.74) is 13.8. The number of nitrogens with zero attached hydrogens (tertiary/aromatic N) is 1. The van der Waals surface area contributed by atoms with Crippen molar-refractivity contribution in [3.8, 4) is 0 Å². The lowest BCUT2D eigenvalue weighted by atomic mass is 10.0. The Bertz CT molecular complexity index is 464. The highest BCUT2D eigenvalue weighted by molar-refractivity contribution is 7.13. The third-order valence-electron chi connectivity index (χ3n) is 2.56. The molecular weight excluding hydrogens is 206 g/mol. The summed E-state index contributed by atoms with van der Waals surface area (Å²) in [6.45, 7) is 2.70. The van der Waals surface area contributed by atoms with Crippen LogP contribution in [0.25, 0.3) is 10.1 Å². The van der Waals surface area contributed by atoms with Gasteiger partial charge in [-0.3, -0.25) is 0 Å². The van der Waals surface area contributed by atoms with Crippen LogP contribution in [0, 0.1) is 6.92 Å². The van der Waals surface area contributed by atoms with E-state index in [4.69, 9.17) is 11.5 Å². The number of benzene rings is 1. The smallest absolute Gasteiger partial charge is 0.0791 e. The van der Waals surface area contributed by atoms with Gasteiger partial charge in [-0.2, -0.15) is 4.37 Å². The molecule has 0 aliphatic rings. The Balaban J connectivity index is 2.52. The van der Waals surface area contributed by atoms with E-state index >= 15 is 0 Å². The lowest BCUT2D eigenvalue weighted by molar-refractivity contribution is 0.653. The molecule has 0 amide bonds. The molecule has 0 saturated heterocycles. The topological polar surface area (TPSA) is 64.9 Å². The largest absolute Gasteiger partial charge is 0.330 e. The van der Waals surface area contributed by atoms with Gasteiger partial charge in [-0.25, -0.2) is 0 Å². The molecule has 0 aliphatic heterocycles. The number of hydrogen-bond acceptors (Lipinski definition) is 4. The summed E-state index contributed by atoms with van der Waals surface area (Å²) in [6.07, 6.45) is 0.785. The van der Waals surface area contributed by atoms with E-state index in [1.807, 2.05) is 6.07 Å². The minimum Gasteiger partial charge on any atom is -0.330 e. The van der Waals surface area contributed by atoms with Crippen LogP contribution in [0.3, 0.4) is 0 Å². The normalized spacial score (nSPS) is 13.3. The van der Waals surface area contributed by atoms with E-state index < -0.39 is 0 Å². The van der Waals surface area contributed by atoms with Crippen molar-refractivity contribution in [2.24, 2.45) is 11.5 Å². The zero-order chi connectivity index (χ0) is 10.8. The first-order valence-corrected chi connectivity index (χ1v) is 5.82. The molecule has 0 aliphatic carbocycles. The Morgan fingerprint density at radius 2 is 2.27 bits per heavy atom. The van der Waals surface area contributed by atoms with E-state index in [1.54, 1.807) is 0 Å². The van der Waals surface area contributed by atoms with Gasteiger partial charge >= 0.3 is 0 Å². The lowest BCUT2D eigenvalue weighted by Crippen LogP contribution is -2.15. The van der Waals surface area contributed by atoms with E-state index in [1.165, 1.54) is 27.2 Å². The summed E-state index contributed by atoms with van der Waals surface area (Å²) < 4.78 is 5.64. The lowest BCUT2D eigenvalue weighted by Gasteiger charge is -2.08. The van der Waals surface area contributed by atoms with Gasteiger partial charge in [0, 0.05) is 11.4 Å². The zero-order valence-corrected chi connectivity index (χ0v) is 9.55. The fraction of sp³-hybridized carbons (Fsp3) is 0.364. The monoisotopic (exact) mass is 221 g/mol. The van der Waals surface area contributed by atoms with Gasteiger partial charge in [-0.05, 0) is 43.1 Å². The fourth-order valence-electron chi connectivity index (χ4n) is 1.76. The van der Waals surface area contributed by atoms with Crippen molar-refractivity contribution >= 4 is 21.6 Å². The summed E-state index contributed by atoms with van der Waals surface area (Å²) >= 11 is 1.51. The molecule has 15 heavy (non-hydrogen) atoms. The Morgan fingerprint density at radius 1 is 1.47 bits per heavy atom. The van der Waals surface area contributed by atoms with Crippen molar-refractivity contribution in [1.29, 1.82) is 0 Å². The van der Waals surface area contributed by atoms with Crippen molar-refractivity contribution in [3.05, 3.63) is 29.5 Å². The molecule has 3 nitrogen and oxygen atoms in total. The molecule has 4 N–H and O–H groups in total. The van der Waals surface area contributed by atoms with E-state index in [9.17, 15) is 0 Å². The third kappa shape index (κ3) is 1.88. The first-order chi connectivity index (χ1) is 7.24. The van der Waals surface area contributed by atoms with Gasteiger partial charge in [-0.1, -0.05) is 12.1 Å². The number of aromatic nitrogens is 1. The molecule has 1 unspecified atom stereocenters. The summed E-state index contributed by atoms with van der Waals surface area (Å²) in [5.74, 6) is 0. The van der Waals surface area contributed by atoms with Gasteiger partial charge in [0.05, 0.1) is 10.4 Å². The number of nitrogens with two attached hydrogens (primary N) is 2. The molecule has 1 aromatic heterocycles. The van der Waals surface area contributed by atoms with Crippen molar-refractivity contribution in [1.82, 2.24) is 4.37 Å². The molecule has 2 aromatic rings. The highest BCUT2D eigenvalue weighted by Gasteiger charge is 2.14. The summed E-state index contributed by atoms with van der Waals surface area (Å²) in [5, 5.41) is 1.21. The first kappa shape index (κ1) is 10.5. The minimum absolute atomic E-state index is 0.0372. The summed E-state index contributed by atoms with van der Waals surface area (Å²) in [7, 11) is 0. The van der Waals surface area contributed by atoms with Crippen LogP contribution in [0.1, 0.15) is 23.7 Å². The van der Waals surface area contributed by atoms with Gasteiger partial charge in [0.25, 0.3) is 0 Å². The second-order valence-electron chi connectivity index (χ2n) is 3.70. The van der Waals surface area contributed by atoms with Gasteiger partial charge in [0.15, 0.2) is 0 Å². The van der Waals surface area contributed by atoms with Gasteiger partial charge in [-0.15, -0.1) is 0 Å². The molecule has 80 valence electrons. The number of hydrogen-bond donors (Lipinski definition) is 2. The zero-order valence-electron chi connectivity index (χ0n) is 8.73. The standard InChI is InChI=1S/C11H15N3S/c1-7-3-2-4-9-10(7)11(14-15-9)8(13)5-6-12/h2-4,8H,5-6,12-13H2,1H3. The van der Waals surface area contributed by atoms with Crippen LogP contribution in [0.4, 0.5) is 0 Å². The average Bonchev–Trinajstić information content (AvgIpc) is 2.63. The third-order valence-corrected chi connectivity index (χ3v) is 3.39. The van der Waals surface area contributed by atoms with Crippen molar-refractivity contribution in [2.45, 2.75) is 19.4 Å². The highest BCUT2D eigenvalue weighted by Crippen LogP contribution is 2.29. The van der Waals surface area contributed by atoms with E-state index in [0.717, 1.165) is 12.1 Å². The second kappa shape index (κ2) is 4.26. The van der Waals surface area contributed by atoms with E-state index in [0.29, 0.717) is 6.54 Å². The molecule has 1 atom stereocenters. The Morgan fingerprint density at radius 3 is 3.00 bits per heavy atom. The summed E-state index contributed by atoms with van der Waals surface area (Å²) in [6, 6.07) is 6.19. The van der Waals surface area contributed by atoms with Crippen LogP contribution in [0.2, 0.25) is 0 Å². The predicted molar refractivity (Wildman–Crippen MR) is 65.0 cm³/mol. The van der Waals surface area contributed by atoms with Crippen LogP contribution in [0.5, 0.6) is 0 Å². The molecule has 0 saturated carbocycles. The number of fused-ring (bicyclic) bond motifs is 1. The molecule has 0 bridgehead atoms. The van der Waals surface area contributed by atoms with Crippen molar-refractivity contribution in [2.75, 3.05) is 6.54 Å². The van der Waals surface area contributed by atoms with Crippen LogP contribution in [0.15, 0.2) is 18.2 Å². The molecular formula is C11H15N3S. The van der Waals surface area contributed by atoms with Crippen LogP contribution in [-0.2, 0) is 0 Å². The predicted octanol–water partition coefficient (Wildman–Crippen LogP) is 1.95. The van der Waals surface area contributed by atoms with Gasteiger partial charge < -0.3 is 11.5 Å². The highest BCUT2D eigenvalue weighted by atomic mass is 32.1. The first-order valence-electron chi connectivity index (χ1n) is 5.04. The average molecular weight is 221 g/mol. The number of aryl methyl sites for hydroxylation is 1. The maximum Gasteiger partial charge on any atom is 0.0791 e. The van der Waals surface area contributed by atoms with E-state index in [-0.39, 0.29) is 6.04 Å². The van der Waals surface area contributed by atoms with Crippen LogP contribution in [-0.4, -0.2) is 10.9 Å². The molecule has 2 rings (SSSR count). The summed E-state index contributed by atoms with van der Waals surface area (Å²) in [4.78, 5) is 0. The van der Waals surface area contributed by atoms with E-state index in [2.05, 4.69) is 23.4 Å². The minimum atomic E-state index is -0.0372. The maximum atomic E-state index is 6.05. The molecule has 1 aromatic carbocycles. The van der Waals surface area contributed by atoms with Gasteiger partial charge in [0.2, 0.25) is 0 Å². The fourth-order valence-corrected chi connectivity index (χ4v) is 2.68. The molecule has 0 spiro atoms. The van der Waals surface area contributed by atoms with Crippen LogP contribution < -0.4 is 11.5 Å². The molecule has 0 fully saturated rings. The molecule has 0 radical (unpaired) electrons. The Labute approximate surface area is 93.3 Å². The van der Waals surface area contributed by atoms with Crippen LogP contribution >= 0.6 is 11.5 Å². The second-order valence-corrected chi connectivity index (χ2v) is 4.50. The van der Waals surface area contributed by atoms with Crippen molar-refractivity contribution < 1.29 is 0 Å². The molecule has 1 heterocycles. The quantitative estimate of drug-likeness (QED) is 0.832. The van der Waals surface area contributed by atoms with Gasteiger partial charge in [0.1, 0.15) is 0 Å². The Hall–Kier alpha value is -0.970. The molecule has 4 heteroatoms. The maximum absolute atomic E-state index is 6.05. The Kier molecular flexibility index (Phi) is 3.00.